The minimum absolute atomic E-state index is 0.0153. The Hall–Kier alpha value is -1.97. The molecule has 0 unspecified atom stereocenters. The topological polar surface area (TPSA) is 38.8 Å². The van der Waals surface area contributed by atoms with Crippen LogP contribution in [0.1, 0.15) is 33.3 Å². The number of benzene rings is 1. The quantitative estimate of drug-likeness (QED) is 0.723. The van der Waals surface area contributed by atoms with Crippen LogP contribution in [0.15, 0.2) is 24.3 Å². The first-order valence-electron chi connectivity index (χ1n) is 7.33. The molecule has 116 valence electrons. The smallest absolute Gasteiger partial charge is 0.246 e. The molecule has 0 heterocycles. The van der Waals surface area contributed by atoms with Gasteiger partial charge in [-0.05, 0) is 51.5 Å². The van der Waals surface area contributed by atoms with Crippen molar-refractivity contribution in [1.82, 2.24) is 4.90 Å². The molecule has 21 heavy (non-hydrogen) atoms. The Labute approximate surface area is 127 Å². The molecular weight excluding hydrogens is 266 g/mol. The van der Waals surface area contributed by atoms with E-state index in [-0.39, 0.29) is 12.0 Å². The van der Waals surface area contributed by atoms with Gasteiger partial charge in [-0.2, -0.15) is 0 Å². The summed E-state index contributed by atoms with van der Waals surface area (Å²) in [6.07, 6.45) is 3.47. The highest BCUT2D eigenvalue weighted by Crippen LogP contribution is 2.29. The Bertz CT molecular complexity index is 491. The van der Waals surface area contributed by atoms with Crippen molar-refractivity contribution in [2.45, 2.75) is 33.8 Å². The van der Waals surface area contributed by atoms with Crippen molar-refractivity contribution in [2.24, 2.45) is 0 Å². The second kappa shape index (κ2) is 8.35. The molecule has 1 amide bonds. The minimum atomic E-state index is 0.0153. The highest BCUT2D eigenvalue weighted by molar-refractivity contribution is 5.91. The molecule has 0 saturated carbocycles. The average Bonchev–Trinajstić information content (AvgIpc) is 2.46. The molecule has 4 nitrogen and oxygen atoms in total. The Kier molecular flexibility index (Phi) is 6.79. The molecule has 0 atom stereocenters. The molecule has 0 aliphatic carbocycles. The highest BCUT2D eigenvalue weighted by Gasteiger charge is 2.08. The molecular formula is C17H25NO3. The van der Waals surface area contributed by atoms with Gasteiger partial charge in [-0.3, -0.25) is 4.79 Å². The molecule has 0 bridgehead atoms. The van der Waals surface area contributed by atoms with Crippen LogP contribution in [0.4, 0.5) is 0 Å². The molecule has 0 saturated heterocycles. The van der Waals surface area contributed by atoms with Crippen LogP contribution in [0.5, 0.6) is 11.5 Å². The normalized spacial score (nSPS) is 11.0. The maximum Gasteiger partial charge on any atom is 0.246 e. The first-order chi connectivity index (χ1) is 10.0. The standard InChI is InChI=1S/C17H25NO3/c1-6-18(7-2)17(19)11-9-14-8-10-15(21-13(3)4)16(12-14)20-5/h8-13H,6-7H2,1-5H3/b11-9-. The summed E-state index contributed by atoms with van der Waals surface area (Å²) in [6.45, 7) is 9.30. The van der Waals surface area contributed by atoms with Gasteiger partial charge in [0.25, 0.3) is 0 Å². The number of likely N-dealkylation sites (N-methyl/N-ethyl adjacent to an activating group) is 1. The summed E-state index contributed by atoms with van der Waals surface area (Å²) in [6, 6.07) is 5.64. The lowest BCUT2D eigenvalue weighted by Crippen LogP contribution is -2.28. The summed E-state index contributed by atoms with van der Waals surface area (Å²) in [5.41, 5.74) is 0.906. The van der Waals surface area contributed by atoms with Gasteiger partial charge in [0.2, 0.25) is 5.91 Å². The zero-order chi connectivity index (χ0) is 15.8. The fourth-order valence-corrected chi connectivity index (χ4v) is 1.95. The number of rotatable bonds is 7. The SMILES string of the molecule is CCN(CC)C(=O)/C=C\c1ccc(OC(C)C)c(OC)c1. The van der Waals surface area contributed by atoms with E-state index >= 15 is 0 Å². The minimum Gasteiger partial charge on any atom is -0.493 e. The molecule has 1 rings (SSSR count). The monoisotopic (exact) mass is 291 g/mol. The average molecular weight is 291 g/mol. The molecule has 0 aromatic heterocycles. The van der Waals surface area contributed by atoms with Gasteiger partial charge in [0, 0.05) is 19.2 Å². The number of nitrogens with zero attached hydrogens (tertiary/aromatic N) is 1. The number of carbonyl (C=O) groups excluding carboxylic acids is 1. The predicted octanol–water partition coefficient (Wildman–Crippen LogP) is 3.36. The number of hydrogen-bond acceptors (Lipinski definition) is 3. The van der Waals surface area contributed by atoms with Gasteiger partial charge < -0.3 is 14.4 Å². The molecule has 4 heteroatoms. The van der Waals surface area contributed by atoms with E-state index in [9.17, 15) is 4.79 Å². The van der Waals surface area contributed by atoms with Crippen molar-refractivity contribution in [2.75, 3.05) is 20.2 Å². The van der Waals surface area contributed by atoms with E-state index in [2.05, 4.69) is 0 Å². The first kappa shape index (κ1) is 17.1. The maximum atomic E-state index is 11.9. The molecule has 0 fully saturated rings. The number of carbonyl (C=O) groups is 1. The summed E-state index contributed by atoms with van der Waals surface area (Å²) in [4.78, 5) is 13.7. The van der Waals surface area contributed by atoms with Crippen LogP contribution in [-0.2, 0) is 4.79 Å². The fraction of sp³-hybridized carbons (Fsp3) is 0.471. The summed E-state index contributed by atoms with van der Waals surface area (Å²) in [5.74, 6) is 1.39. The summed E-state index contributed by atoms with van der Waals surface area (Å²) in [7, 11) is 1.61. The van der Waals surface area contributed by atoms with Crippen molar-refractivity contribution in [3.05, 3.63) is 29.8 Å². The van der Waals surface area contributed by atoms with Crippen LogP contribution >= 0.6 is 0 Å². The second-order valence-electron chi connectivity index (χ2n) is 4.92. The zero-order valence-corrected chi connectivity index (χ0v) is 13.6. The third-order valence-corrected chi connectivity index (χ3v) is 3.04. The van der Waals surface area contributed by atoms with Gasteiger partial charge in [-0.15, -0.1) is 0 Å². The van der Waals surface area contributed by atoms with E-state index in [1.54, 1.807) is 24.2 Å². The molecule has 1 aromatic carbocycles. The maximum absolute atomic E-state index is 11.9. The Morgan fingerprint density at radius 2 is 1.90 bits per heavy atom. The van der Waals surface area contributed by atoms with Crippen LogP contribution in [-0.4, -0.2) is 37.1 Å². The van der Waals surface area contributed by atoms with Gasteiger partial charge in [-0.1, -0.05) is 6.07 Å². The van der Waals surface area contributed by atoms with Crippen molar-refractivity contribution in [3.63, 3.8) is 0 Å². The molecule has 1 aromatic rings. The second-order valence-corrected chi connectivity index (χ2v) is 4.92. The van der Waals surface area contributed by atoms with Crippen molar-refractivity contribution in [3.8, 4) is 11.5 Å². The van der Waals surface area contributed by atoms with E-state index in [1.807, 2.05) is 45.9 Å². The third-order valence-electron chi connectivity index (χ3n) is 3.04. The van der Waals surface area contributed by atoms with E-state index < -0.39 is 0 Å². The lowest BCUT2D eigenvalue weighted by atomic mass is 10.2. The van der Waals surface area contributed by atoms with Gasteiger partial charge in [0.1, 0.15) is 0 Å². The Morgan fingerprint density at radius 1 is 1.24 bits per heavy atom. The number of amides is 1. The van der Waals surface area contributed by atoms with Gasteiger partial charge in [0.15, 0.2) is 11.5 Å². The molecule has 0 aliphatic heterocycles. The van der Waals surface area contributed by atoms with Crippen LogP contribution in [0.2, 0.25) is 0 Å². The first-order valence-corrected chi connectivity index (χ1v) is 7.33. The lowest BCUT2D eigenvalue weighted by molar-refractivity contribution is -0.125. The molecule has 0 radical (unpaired) electrons. The van der Waals surface area contributed by atoms with E-state index in [0.29, 0.717) is 24.6 Å². The van der Waals surface area contributed by atoms with Gasteiger partial charge in [0.05, 0.1) is 13.2 Å². The van der Waals surface area contributed by atoms with Crippen molar-refractivity contribution < 1.29 is 14.3 Å². The third kappa shape index (κ3) is 5.14. The molecule has 0 aliphatic rings. The van der Waals surface area contributed by atoms with E-state index in [4.69, 9.17) is 9.47 Å². The molecule has 0 spiro atoms. The van der Waals surface area contributed by atoms with Crippen LogP contribution in [0, 0.1) is 0 Å². The summed E-state index contributed by atoms with van der Waals surface area (Å²) >= 11 is 0. The largest absolute Gasteiger partial charge is 0.493 e. The van der Waals surface area contributed by atoms with Crippen LogP contribution < -0.4 is 9.47 Å². The van der Waals surface area contributed by atoms with E-state index in [1.165, 1.54) is 0 Å². The lowest BCUT2D eigenvalue weighted by Gasteiger charge is -2.16. The van der Waals surface area contributed by atoms with Crippen LogP contribution in [0.3, 0.4) is 0 Å². The number of ether oxygens (including phenoxy) is 2. The van der Waals surface area contributed by atoms with Gasteiger partial charge >= 0.3 is 0 Å². The number of methoxy groups -OCH3 is 1. The van der Waals surface area contributed by atoms with E-state index in [0.717, 1.165) is 5.56 Å². The van der Waals surface area contributed by atoms with Gasteiger partial charge in [-0.25, -0.2) is 0 Å². The summed E-state index contributed by atoms with van der Waals surface area (Å²) in [5, 5.41) is 0. The number of hydrogen-bond donors (Lipinski definition) is 0. The Morgan fingerprint density at radius 3 is 2.43 bits per heavy atom. The molecule has 0 N–H and O–H groups in total. The highest BCUT2D eigenvalue weighted by atomic mass is 16.5. The predicted molar refractivity (Wildman–Crippen MR) is 85.7 cm³/mol. The van der Waals surface area contributed by atoms with Crippen LogP contribution in [0.25, 0.3) is 6.08 Å². The summed E-state index contributed by atoms with van der Waals surface area (Å²) < 4.78 is 11.0. The Balaban J connectivity index is 2.87. The van der Waals surface area contributed by atoms with Crippen molar-refractivity contribution in [1.29, 1.82) is 0 Å². The van der Waals surface area contributed by atoms with Crippen molar-refractivity contribution >= 4 is 12.0 Å². The zero-order valence-electron chi connectivity index (χ0n) is 13.6. The fourth-order valence-electron chi connectivity index (χ4n) is 1.95.